The van der Waals surface area contributed by atoms with E-state index in [9.17, 15) is 0 Å². The smallest absolute Gasteiger partial charge is 0.0679 e. The highest BCUT2D eigenvalue weighted by atomic mass is 32.2. The molecule has 0 amide bonds. The molecule has 0 bridgehead atoms. The molecule has 2 rings (SSSR count). The normalized spacial score (nSPS) is 15.1. The lowest BCUT2D eigenvalue weighted by molar-refractivity contribution is 0.952. The van der Waals surface area contributed by atoms with Gasteiger partial charge in [-0.2, -0.15) is 0 Å². The third kappa shape index (κ3) is 2.49. The molecule has 0 spiro atoms. The van der Waals surface area contributed by atoms with Crippen molar-refractivity contribution in [3.05, 3.63) is 33.4 Å². The second kappa shape index (κ2) is 5.48. The van der Waals surface area contributed by atoms with Crippen LogP contribution in [0.3, 0.4) is 0 Å². The highest BCUT2D eigenvalue weighted by Gasteiger charge is 2.14. The van der Waals surface area contributed by atoms with Crippen molar-refractivity contribution in [3.63, 3.8) is 0 Å². The molecule has 1 aliphatic heterocycles. The average molecular weight is 261 g/mol. The Kier molecular flexibility index (Phi) is 4.16. The fraction of sp³-hybridized carbons (Fsp3) is 0.562. The molecule has 0 fully saturated rings. The van der Waals surface area contributed by atoms with Crippen LogP contribution in [0.2, 0.25) is 0 Å². The first-order valence-corrected chi connectivity index (χ1v) is 7.73. The SMILES string of the molecule is Cc1c(C)c(C)c(CSC2=NCCC2)c(C)c1C. The van der Waals surface area contributed by atoms with Crippen molar-refractivity contribution in [2.24, 2.45) is 4.99 Å². The van der Waals surface area contributed by atoms with Gasteiger partial charge in [0.1, 0.15) is 0 Å². The van der Waals surface area contributed by atoms with Crippen LogP contribution in [0.5, 0.6) is 0 Å². The average Bonchev–Trinajstić information content (AvgIpc) is 2.87. The van der Waals surface area contributed by atoms with Gasteiger partial charge in [-0.3, -0.25) is 4.99 Å². The van der Waals surface area contributed by atoms with Crippen molar-refractivity contribution in [2.75, 3.05) is 6.54 Å². The molecule has 0 aliphatic carbocycles. The molecule has 0 radical (unpaired) electrons. The van der Waals surface area contributed by atoms with Crippen LogP contribution in [0.4, 0.5) is 0 Å². The van der Waals surface area contributed by atoms with Gasteiger partial charge in [0.15, 0.2) is 0 Å². The van der Waals surface area contributed by atoms with Crippen LogP contribution < -0.4 is 0 Å². The Hall–Kier alpha value is -0.760. The molecule has 0 saturated carbocycles. The quantitative estimate of drug-likeness (QED) is 0.754. The highest BCUT2D eigenvalue weighted by Crippen LogP contribution is 2.30. The van der Waals surface area contributed by atoms with E-state index in [4.69, 9.17) is 0 Å². The lowest BCUT2D eigenvalue weighted by Crippen LogP contribution is -2.02. The molecule has 1 heterocycles. The second-order valence-corrected chi connectivity index (χ2v) is 6.32. The van der Waals surface area contributed by atoms with E-state index in [-0.39, 0.29) is 0 Å². The molecule has 1 aliphatic rings. The molecule has 0 N–H and O–H groups in total. The zero-order valence-electron chi connectivity index (χ0n) is 12.2. The summed E-state index contributed by atoms with van der Waals surface area (Å²) < 4.78 is 0. The number of benzene rings is 1. The van der Waals surface area contributed by atoms with E-state index in [0.29, 0.717) is 0 Å². The maximum atomic E-state index is 4.55. The molecule has 0 atom stereocenters. The summed E-state index contributed by atoms with van der Waals surface area (Å²) in [4.78, 5) is 4.55. The molecule has 18 heavy (non-hydrogen) atoms. The number of rotatable bonds is 2. The van der Waals surface area contributed by atoms with Crippen molar-refractivity contribution < 1.29 is 0 Å². The summed E-state index contributed by atoms with van der Waals surface area (Å²) in [5, 5.41) is 1.35. The molecule has 98 valence electrons. The van der Waals surface area contributed by atoms with Gasteiger partial charge >= 0.3 is 0 Å². The number of hydrogen-bond acceptors (Lipinski definition) is 2. The lowest BCUT2D eigenvalue weighted by Gasteiger charge is -2.18. The minimum absolute atomic E-state index is 1.03. The monoisotopic (exact) mass is 261 g/mol. The topological polar surface area (TPSA) is 12.4 Å². The van der Waals surface area contributed by atoms with Crippen LogP contribution in [0, 0.1) is 34.6 Å². The van der Waals surface area contributed by atoms with Gasteiger partial charge in [0.05, 0.1) is 5.04 Å². The molecule has 2 heteroatoms. The standard InChI is InChI=1S/C16H23NS/c1-10-11(2)13(4)15(14(5)12(10)3)9-18-16-7-6-8-17-16/h6-9H2,1-5H3. The van der Waals surface area contributed by atoms with E-state index in [2.05, 4.69) is 39.6 Å². The van der Waals surface area contributed by atoms with E-state index in [0.717, 1.165) is 12.3 Å². The van der Waals surface area contributed by atoms with Crippen molar-refractivity contribution in [1.82, 2.24) is 0 Å². The zero-order chi connectivity index (χ0) is 13.3. The minimum Gasteiger partial charge on any atom is -0.283 e. The summed E-state index contributed by atoms with van der Waals surface area (Å²) in [5.74, 6) is 1.08. The first-order valence-electron chi connectivity index (χ1n) is 6.74. The van der Waals surface area contributed by atoms with Gasteiger partial charge in [-0.25, -0.2) is 0 Å². The molecule has 0 aromatic heterocycles. The third-order valence-corrected chi connectivity index (χ3v) is 5.47. The lowest BCUT2D eigenvalue weighted by atomic mass is 9.90. The van der Waals surface area contributed by atoms with Crippen molar-refractivity contribution >= 4 is 16.8 Å². The zero-order valence-corrected chi connectivity index (χ0v) is 13.0. The summed E-state index contributed by atoms with van der Waals surface area (Å²) in [5.41, 5.74) is 8.85. The van der Waals surface area contributed by atoms with E-state index >= 15 is 0 Å². The van der Waals surface area contributed by atoms with E-state index < -0.39 is 0 Å². The Morgan fingerprint density at radius 3 is 1.94 bits per heavy atom. The number of aliphatic imine (C=N–C) groups is 1. The van der Waals surface area contributed by atoms with Crippen molar-refractivity contribution in [1.29, 1.82) is 0 Å². The fourth-order valence-corrected chi connectivity index (χ4v) is 3.80. The third-order valence-electron chi connectivity index (χ3n) is 4.38. The van der Waals surface area contributed by atoms with Crippen LogP contribution >= 0.6 is 11.8 Å². The molecule has 1 nitrogen and oxygen atoms in total. The van der Waals surface area contributed by atoms with Gasteiger partial charge in [0, 0.05) is 12.3 Å². The summed E-state index contributed by atoms with van der Waals surface area (Å²) in [6.45, 7) is 12.3. The van der Waals surface area contributed by atoms with E-state index in [1.807, 2.05) is 11.8 Å². The Balaban J connectivity index is 2.27. The first kappa shape index (κ1) is 13.7. The second-order valence-electron chi connectivity index (χ2n) is 5.27. The van der Waals surface area contributed by atoms with Gasteiger partial charge in [-0.05, 0) is 80.8 Å². The van der Waals surface area contributed by atoms with E-state index in [1.54, 1.807) is 0 Å². The number of nitrogens with zero attached hydrogens (tertiary/aromatic N) is 1. The fourth-order valence-electron chi connectivity index (χ4n) is 2.58. The van der Waals surface area contributed by atoms with Gasteiger partial charge in [0.25, 0.3) is 0 Å². The number of hydrogen-bond donors (Lipinski definition) is 0. The Morgan fingerprint density at radius 2 is 1.44 bits per heavy atom. The first-order chi connectivity index (χ1) is 8.52. The molecular weight excluding hydrogens is 238 g/mol. The van der Waals surface area contributed by atoms with E-state index in [1.165, 1.54) is 51.3 Å². The largest absolute Gasteiger partial charge is 0.283 e. The van der Waals surface area contributed by atoms with Gasteiger partial charge in [-0.1, -0.05) is 0 Å². The van der Waals surface area contributed by atoms with Gasteiger partial charge < -0.3 is 0 Å². The van der Waals surface area contributed by atoms with Crippen molar-refractivity contribution in [2.45, 2.75) is 53.2 Å². The molecule has 0 saturated heterocycles. The van der Waals surface area contributed by atoms with Gasteiger partial charge in [-0.15, -0.1) is 11.8 Å². The molecule has 1 aromatic carbocycles. The summed E-state index contributed by atoms with van der Waals surface area (Å²) in [6, 6.07) is 0. The number of thioether (sulfide) groups is 1. The van der Waals surface area contributed by atoms with Crippen LogP contribution in [-0.2, 0) is 5.75 Å². The van der Waals surface area contributed by atoms with Crippen LogP contribution in [0.15, 0.2) is 4.99 Å². The summed E-state index contributed by atoms with van der Waals surface area (Å²) >= 11 is 1.94. The maximum Gasteiger partial charge on any atom is 0.0679 e. The van der Waals surface area contributed by atoms with Crippen LogP contribution in [-0.4, -0.2) is 11.6 Å². The Labute approximate surface area is 115 Å². The Bertz CT molecular complexity index is 471. The Morgan fingerprint density at radius 1 is 0.889 bits per heavy atom. The minimum atomic E-state index is 1.03. The molecular formula is C16H23NS. The van der Waals surface area contributed by atoms with Crippen LogP contribution in [0.1, 0.15) is 46.2 Å². The maximum absolute atomic E-state index is 4.55. The predicted molar refractivity (Wildman–Crippen MR) is 83.0 cm³/mol. The highest BCUT2D eigenvalue weighted by molar-refractivity contribution is 8.13. The molecule has 0 unspecified atom stereocenters. The summed E-state index contributed by atoms with van der Waals surface area (Å²) in [7, 11) is 0. The molecule has 1 aromatic rings. The van der Waals surface area contributed by atoms with Crippen molar-refractivity contribution in [3.8, 4) is 0 Å². The van der Waals surface area contributed by atoms with Gasteiger partial charge in [0.2, 0.25) is 0 Å². The van der Waals surface area contributed by atoms with Crippen LogP contribution in [0.25, 0.3) is 0 Å². The predicted octanol–water partition coefficient (Wildman–Crippen LogP) is 4.65. The summed E-state index contributed by atoms with van der Waals surface area (Å²) in [6.07, 6.45) is 2.43.